The Kier molecular flexibility index (Phi) is 6.81. The average molecular weight is 421 g/mol. The van der Waals surface area contributed by atoms with E-state index in [9.17, 15) is 14.4 Å². The van der Waals surface area contributed by atoms with Crippen LogP contribution in [-0.4, -0.2) is 48.7 Å². The Morgan fingerprint density at radius 3 is 2.29 bits per heavy atom. The topological polar surface area (TPSA) is 97.3 Å². The lowest BCUT2D eigenvalue weighted by molar-refractivity contribution is -0.137. The third-order valence-electron chi connectivity index (χ3n) is 4.80. The Morgan fingerprint density at radius 1 is 0.935 bits per heavy atom. The molecule has 160 valence electrons. The standard InChI is InChI=1S/C23H23N3O5/c1-15-16(2)21(27)26(3)22(28)20(15)25-24-18-11-9-17(10-12-18)23(29)31-14-13-30-19-7-5-4-6-8-19/h4-12,24H,13-14H2,1-3H3/b25-20-. The molecule has 0 aliphatic carbocycles. The highest BCUT2D eigenvalue weighted by molar-refractivity contribution is 6.50. The fraction of sp³-hybridized carbons (Fsp3) is 0.217. The van der Waals surface area contributed by atoms with Gasteiger partial charge in [-0.25, -0.2) is 4.79 Å². The first kappa shape index (κ1) is 21.8. The molecule has 0 unspecified atom stereocenters. The van der Waals surface area contributed by atoms with Gasteiger partial charge in [0, 0.05) is 12.6 Å². The molecule has 0 saturated heterocycles. The van der Waals surface area contributed by atoms with Crippen molar-refractivity contribution in [3.63, 3.8) is 0 Å². The summed E-state index contributed by atoms with van der Waals surface area (Å²) < 4.78 is 10.7. The molecule has 1 heterocycles. The summed E-state index contributed by atoms with van der Waals surface area (Å²) in [5.74, 6) is -0.564. The Bertz CT molecular complexity index is 1040. The molecular formula is C23H23N3O5. The number of rotatable bonds is 7. The maximum absolute atomic E-state index is 12.3. The van der Waals surface area contributed by atoms with Gasteiger partial charge in [-0.3, -0.25) is 19.9 Å². The highest BCUT2D eigenvalue weighted by atomic mass is 16.6. The second-order valence-corrected chi connectivity index (χ2v) is 6.87. The summed E-state index contributed by atoms with van der Waals surface area (Å²) in [6.07, 6.45) is 0. The third kappa shape index (κ3) is 5.16. The quantitative estimate of drug-likeness (QED) is 0.319. The van der Waals surface area contributed by atoms with Gasteiger partial charge in [0.25, 0.3) is 11.8 Å². The minimum Gasteiger partial charge on any atom is -0.490 e. The van der Waals surface area contributed by atoms with Gasteiger partial charge in [-0.05, 0) is 55.8 Å². The molecule has 0 radical (unpaired) electrons. The summed E-state index contributed by atoms with van der Waals surface area (Å²) in [5.41, 5.74) is 4.91. The third-order valence-corrected chi connectivity index (χ3v) is 4.80. The molecule has 0 aromatic heterocycles. The van der Waals surface area contributed by atoms with Gasteiger partial charge in [0.1, 0.15) is 19.0 Å². The van der Waals surface area contributed by atoms with Crippen molar-refractivity contribution in [3.8, 4) is 5.75 Å². The summed E-state index contributed by atoms with van der Waals surface area (Å²) in [5, 5.41) is 4.15. The van der Waals surface area contributed by atoms with Crippen molar-refractivity contribution in [2.75, 3.05) is 25.7 Å². The number of ether oxygens (including phenoxy) is 2. The van der Waals surface area contributed by atoms with Crippen molar-refractivity contribution in [1.82, 2.24) is 4.90 Å². The van der Waals surface area contributed by atoms with Crippen LogP contribution in [0.25, 0.3) is 0 Å². The van der Waals surface area contributed by atoms with Crippen LogP contribution in [0.1, 0.15) is 24.2 Å². The van der Waals surface area contributed by atoms with E-state index in [2.05, 4.69) is 10.5 Å². The molecule has 0 saturated carbocycles. The van der Waals surface area contributed by atoms with Gasteiger partial charge in [0.15, 0.2) is 5.71 Å². The van der Waals surface area contributed by atoms with Crippen molar-refractivity contribution in [1.29, 1.82) is 0 Å². The zero-order valence-corrected chi connectivity index (χ0v) is 17.5. The normalized spacial score (nSPS) is 15.3. The maximum atomic E-state index is 12.3. The van der Waals surface area contributed by atoms with E-state index in [1.807, 2.05) is 30.3 Å². The number of benzene rings is 2. The second-order valence-electron chi connectivity index (χ2n) is 6.87. The number of carbonyl (C=O) groups is 3. The van der Waals surface area contributed by atoms with Gasteiger partial charge in [-0.1, -0.05) is 18.2 Å². The number of nitrogens with one attached hydrogen (secondary N) is 1. The molecule has 0 fully saturated rings. The number of carbonyl (C=O) groups excluding carboxylic acids is 3. The summed E-state index contributed by atoms with van der Waals surface area (Å²) in [6.45, 7) is 3.71. The number of hydrogen-bond donors (Lipinski definition) is 1. The molecule has 1 aliphatic rings. The predicted octanol–water partition coefficient (Wildman–Crippen LogP) is 3.03. The van der Waals surface area contributed by atoms with E-state index >= 15 is 0 Å². The predicted molar refractivity (Wildman–Crippen MR) is 116 cm³/mol. The SMILES string of the molecule is CC1=C(C)/C(=N/Nc2ccc(C(=O)OCCOc3ccccc3)cc2)C(=O)N(C)C1=O. The number of hydrogen-bond acceptors (Lipinski definition) is 7. The number of nitrogens with zero attached hydrogens (tertiary/aromatic N) is 2. The van der Waals surface area contributed by atoms with E-state index in [0.29, 0.717) is 28.1 Å². The Labute approximate surface area is 180 Å². The molecule has 2 aromatic rings. The lowest BCUT2D eigenvalue weighted by Gasteiger charge is -2.23. The van der Waals surface area contributed by atoms with E-state index < -0.39 is 11.9 Å². The van der Waals surface area contributed by atoms with E-state index in [4.69, 9.17) is 9.47 Å². The number of imide groups is 1. The van der Waals surface area contributed by atoms with Crippen molar-refractivity contribution < 1.29 is 23.9 Å². The van der Waals surface area contributed by atoms with E-state index in [1.54, 1.807) is 38.1 Å². The van der Waals surface area contributed by atoms with Crippen LogP contribution >= 0.6 is 0 Å². The lowest BCUT2D eigenvalue weighted by atomic mass is 10.00. The molecule has 0 atom stereocenters. The highest BCUT2D eigenvalue weighted by Crippen LogP contribution is 2.18. The van der Waals surface area contributed by atoms with Crippen molar-refractivity contribution in [2.24, 2.45) is 5.10 Å². The second kappa shape index (κ2) is 9.71. The Hall–Kier alpha value is -3.94. The highest BCUT2D eigenvalue weighted by Gasteiger charge is 2.31. The number of anilines is 1. The average Bonchev–Trinajstić information content (AvgIpc) is 2.80. The summed E-state index contributed by atoms with van der Waals surface area (Å²) >= 11 is 0. The molecule has 1 aliphatic heterocycles. The van der Waals surface area contributed by atoms with Crippen LogP contribution in [0.3, 0.4) is 0 Å². The summed E-state index contributed by atoms with van der Waals surface area (Å²) in [7, 11) is 1.42. The van der Waals surface area contributed by atoms with Crippen LogP contribution in [0.4, 0.5) is 5.69 Å². The van der Waals surface area contributed by atoms with Gasteiger partial charge in [-0.15, -0.1) is 0 Å². The van der Waals surface area contributed by atoms with Gasteiger partial charge in [0.05, 0.1) is 11.3 Å². The molecule has 0 bridgehead atoms. The van der Waals surface area contributed by atoms with Crippen LogP contribution in [0.2, 0.25) is 0 Å². The molecule has 8 heteroatoms. The largest absolute Gasteiger partial charge is 0.490 e. The fourth-order valence-corrected chi connectivity index (χ4v) is 2.83. The van der Waals surface area contributed by atoms with Crippen LogP contribution in [0.15, 0.2) is 70.8 Å². The van der Waals surface area contributed by atoms with Crippen LogP contribution in [-0.2, 0) is 14.3 Å². The van der Waals surface area contributed by atoms with Crippen molar-refractivity contribution >= 4 is 29.2 Å². The minimum absolute atomic E-state index is 0.126. The Balaban J connectivity index is 1.55. The fourth-order valence-electron chi connectivity index (χ4n) is 2.83. The van der Waals surface area contributed by atoms with Crippen LogP contribution < -0.4 is 10.2 Å². The Morgan fingerprint density at radius 2 is 1.61 bits per heavy atom. The summed E-state index contributed by atoms with van der Waals surface area (Å²) in [4.78, 5) is 37.4. The van der Waals surface area contributed by atoms with Crippen molar-refractivity contribution in [3.05, 3.63) is 71.3 Å². The minimum atomic E-state index is -0.474. The van der Waals surface area contributed by atoms with E-state index in [0.717, 1.165) is 4.90 Å². The lowest BCUT2D eigenvalue weighted by Crippen LogP contribution is -2.44. The first-order chi connectivity index (χ1) is 14.9. The first-order valence-electron chi connectivity index (χ1n) is 9.67. The van der Waals surface area contributed by atoms with Gasteiger partial charge in [-0.2, -0.15) is 5.10 Å². The van der Waals surface area contributed by atoms with Gasteiger partial charge in [0.2, 0.25) is 0 Å². The number of amides is 2. The molecule has 2 amide bonds. The zero-order chi connectivity index (χ0) is 22.4. The summed E-state index contributed by atoms with van der Waals surface area (Å²) in [6, 6.07) is 15.8. The van der Waals surface area contributed by atoms with Crippen molar-refractivity contribution in [2.45, 2.75) is 13.8 Å². The van der Waals surface area contributed by atoms with Crippen LogP contribution in [0, 0.1) is 0 Å². The molecule has 1 N–H and O–H groups in total. The number of para-hydroxylation sites is 1. The number of esters is 1. The number of likely N-dealkylation sites (N-methyl/N-ethyl adjacent to an activating group) is 1. The maximum Gasteiger partial charge on any atom is 0.338 e. The van der Waals surface area contributed by atoms with E-state index in [-0.39, 0.29) is 24.8 Å². The molecule has 3 rings (SSSR count). The van der Waals surface area contributed by atoms with E-state index in [1.165, 1.54) is 7.05 Å². The molecule has 8 nitrogen and oxygen atoms in total. The molecule has 0 spiro atoms. The van der Waals surface area contributed by atoms with Gasteiger partial charge < -0.3 is 9.47 Å². The monoisotopic (exact) mass is 421 g/mol. The zero-order valence-electron chi connectivity index (χ0n) is 17.5. The van der Waals surface area contributed by atoms with Crippen LogP contribution in [0.5, 0.6) is 5.75 Å². The molecular weight excluding hydrogens is 398 g/mol. The molecule has 31 heavy (non-hydrogen) atoms. The van der Waals surface area contributed by atoms with Gasteiger partial charge >= 0.3 is 5.97 Å². The first-order valence-corrected chi connectivity index (χ1v) is 9.67. The number of hydrazone groups is 1. The molecule has 2 aromatic carbocycles. The smallest absolute Gasteiger partial charge is 0.338 e.